The molecule has 0 unspecified atom stereocenters. The molecule has 3 nitrogen and oxygen atoms in total. The lowest BCUT2D eigenvalue weighted by atomic mass is 10.2. The van der Waals surface area contributed by atoms with E-state index in [0.29, 0.717) is 5.69 Å². The van der Waals surface area contributed by atoms with Gasteiger partial charge in [-0.15, -0.1) is 0 Å². The Bertz CT molecular complexity index is 361. The molecule has 0 spiro atoms. The number of hydrogen-bond donors (Lipinski definition) is 1. The van der Waals surface area contributed by atoms with E-state index in [2.05, 4.69) is 4.98 Å². The predicted octanol–water partition coefficient (Wildman–Crippen LogP) is 1.63. The molecule has 1 aromatic heterocycles. The van der Waals surface area contributed by atoms with Gasteiger partial charge in [-0.1, -0.05) is 0 Å². The van der Waals surface area contributed by atoms with Crippen LogP contribution in [0.2, 0.25) is 0 Å². The first-order chi connectivity index (χ1) is 6.09. The van der Waals surface area contributed by atoms with E-state index in [-0.39, 0.29) is 5.56 Å². The average Bonchev–Trinajstić information content (AvgIpc) is 2.06. The Kier molecular flexibility index (Phi) is 2.74. The van der Waals surface area contributed by atoms with Crippen molar-refractivity contribution in [3.8, 4) is 0 Å². The van der Waals surface area contributed by atoms with Crippen molar-refractivity contribution in [3.05, 3.63) is 35.4 Å². The van der Waals surface area contributed by atoms with Crippen molar-refractivity contribution in [3.63, 3.8) is 0 Å². The smallest absolute Gasteiger partial charge is 0.328 e. The fourth-order valence-corrected chi connectivity index (χ4v) is 0.853. The van der Waals surface area contributed by atoms with Crippen LogP contribution < -0.4 is 0 Å². The van der Waals surface area contributed by atoms with Crippen LogP contribution in [0.25, 0.3) is 6.08 Å². The second-order valence-electron chi connectivity index (χ2n) is 2.52. The van der Waals surface area contributed by atoms with Crippen molar-refractivity contribution in [2.45, 2.75) is 6.92 Å². The van der Waals surface area contributed by atoms with E-state index in [1.54, 1.807) is 6.92 Å². The third-order valence-electron chi connectivity index (χ3n) is 1.43. The number of rotatable bonds is 2. The Morgan fingerprint density at radius 1 is 1.69 bits per heavy atom. The van der Waals surface area contributed by atoms with Gasteiger partial charge in [0, 0.05) is 17.3 Å². The number of hydrogen-bond acceptors (Lipinski definition) is 2. The summed E-state index contributed by atoms with van der Waals surface area (Å²) in [5, 5.41) is 8.31. The minimum absolute atomic E-state index is 0.231. The lowest BCUT2D eigenvalue weighted by Crippen LogP contribution is -1.90. The molecule has 1 N–H and O–H groups in total. The normalized spacial score (nSPS) is 10.6. The van der Waals surface area contributed by atoms with Crippen LogP contribution in [-0.2, 0) is 4.79 Å². The second kappa shape index (κ2) is 3.80. The van der Waals surface area contributed by atoms with Gasteiger partial charge in [-0.2, -0.15) is 0 Å². The number of carbonyl (C=O) groups is 1. The molecule has 0 radical (unpaired) electrons. The maximum Gasteiger partial charge on any atom is 0.328 e. The highest BCUT2D eigenvalue weighted by atomic mass is 19.1. The van der Waals surface area contributed by atoms with Crippen LogP contribution in [0, 0.1) is 12.7 Å². The van der Waals surface area contributed by atoms with E-state index in [4.69, 9.17) is 5.11 Å². The van der Waals surface area contributed by atoms with Crippen LogP contribution in [0.15, 0.2) is 18.3 Å². The second-order valence-corrected chi connectivity index (χ2v) is 2.52. The molecule has 1 rings (SSSR count). The summed E-state index contributed by atoms with van der Waals surface area (Å²) in [7, 11) is 0. The largest absolute Gasteiger partial charge is 0.478 e. The number of aliphatic carboxylic acids is 1. The van der Waals surface area contributed by atoms with E-state index >= 15 is 0 Å². The van der Waals surface area contributed by atoms with Gasteiger partial charge in [-0.05, 0) is 19.1 Å². The van der Waals surface area contributed by atoms with Crippen molar-refractivity contribution in [2.24, 2.45) is 0 Å². The van der Waals surface area contributed by atoms with Crippen molar-refractivity contribution in [2.75, 3.05) is 0 Å². The highest BCUT2D eigenvalue weighted by Gasteiger charge is 1.99. The topological polar surface area (TPSA) is 50.2 Å². The molecule has 0 saturated heterocycles. The molecule has 0 aromatic carbocycles. The van der Waals surface area contributed by atoms with Gasteiger partial charge >= 0.3 is 5.97 Å². The third kappa shape index (κ3) is 2.66. The fraction of sp³-hybridized carbons (Fsp3) is 0.111. The summed E-state index contributed by atoms with van der Waals surface area (Å²) in [5.74, 6) is -1.63. The number of aryl methyl sites for hydroxylation is 1. The van der Waals surface area contributed by atoms with Crippen molar-refractivity contribution >= 4 is 12.0 Å². The molecule has 1 heterocycles. The Morgan fingerprint density at radius 3 is 3.00 bits per heavy atom. The Hall–Kier alpha value is -1.71. The van der Waals surface area contributed by atoms with Crippen molar-refractivity contribution in [1.29, 1.82) is 0 Å². The summed E-state index contributed by atoms with van der Waals surface area (Å²) < 4.78 is 12.9. The zero-order chi connectivity index (χ0) is 9.84. The van der Waals surface area contributed by atoms with Crippen LogP contribution >= 0.6 is 0 Å². The summed E-state index contributed by atoms with van der Waals surface area (Å²) in [6, 6.07) is 1.48. The zero-order valence-corrected chi connectivity index (χ0v) is 6.99. The van der Waals surface area contributed by atoms with Crippen molar-refractivity contribution < 1.29 is 14.3 Å². The van der Waals surface area contributed by atoms with Crippen molar-refractivity contribution in [1.82, 2.24) is 4.98 Å². The van der Waals surface area contributed by atoms with E-state index in [1.807, 2.05) is 0 Å². The van der Waals surface area contributed by atoms with Crippen LogP contribution in [0.1, 0.15) is 11.3 Å². The molecule has 0 bridgehead atoms. The van der Waals surface area contributed by atoms with Gasteiger partial charge < -0.3 is 5.11 Å². The SMILES string of the molecule is Cc1cc(C=CC(=O)O)c(F)cn1. The average molecular weight is 181 g/mol. The van der Waals surface area contributed by atoms with Gasteiger partial charge in [0.2, 0.25) is 0 Å². The molecule has 4 heteroatoms. The van der Waals surface area contributed by atoms with Gasteiger partial charge in [0.15, 0.2) is 0 Å². The zero-order valence-electron chi connectivity index (χ0n) is 6.99. The Balaban J connectivity index is 3.00. The molecule has 1 aromatic rings. The molecule has 68 valence electrons. The standard InChI is InChI=1S/C9H8FNO2/c1-6-4-7(2-3-9(12)13)8(10)5-11-6/h2-5H,1H3,(H,12,13). The number of halogens is 1. The van der Waals surface area contributed by atoms with Crippen LogP contribution in [-0.4, -0.2) is 16.1 Å². The fourth-order valence-electron chi connectivity index (χ4n) is 0.853. The molecule has 0 aliphatic carbocycles. The van der Waals surface area contributed by atoms with Crippen LogP contribution in [0.5, 0.6) is 0 Å². The number of aromatic nitrogens is 1. The molecule has 0 fully saturated rings. The third-order valence-corrected chi connectivity index (χ3v) is 1.43. The summed E-state index contributed by atoms with van der Waals surface area (Å²) in [6.07, 6.45) is 3.15. The monoisotopic (exact) mass is 181 g/mol. The van der Waals surface area contributed by atoms with E-state index in [0.717, 1.165) is 12.3 Å². The van der Waals surface area contributed by atoms with E-state index in [9.17, 15) is 9.18 Å². The summed E-state index contributed by atoms with van der Waals surface area (Å²) >= 11 is 0. The first-order valence-electron chi connectivity index (χ1n) is 3.63. The first-order valence-corrected chi connectivity index (χ1v) is 3.63. The van der Waals surface area contributed by atoms with Gasteiger partial charge in [0.25, 0.3) is 0 Å². The molecule has 0 aliphatic heterocycles. The number of carboxylic acid groups (broad SMARTS) is 1. The lowest BCUT2D eigenvalue weighted by molar-refractivity contribution is -0.131. The number of pyridine rings is 1. The lowest BCUT2D eigenvalue weighted by Gasteiger charge is -1.96. The molecule has 0 amide bonds. The Morgan fingerprint density at radius 2 is 2.38 bits per heavy atom. The van der Waals surface area contributed by atoms with Gasteiger partial charge in [0.1, 0.15) is 5.82 Å². The minimum Gasteiger partial charge on any atom is -0.478 e. The predicted molar refractivity (Wildman–Crippen MR) is 45.6 cm³/mol. The van der Waals surface area contributed by atoms with Gasteiger partial charge in [0.05, 0.1) is 6.20 Å². The number of carboxylic acids is 1. The van der Waals surface area contributed by atoms with Gasteiger partial charge in [-0.25, -0.2) is 9.18 Å². The quantitative estimate of drug-likeness (QED) is 0.705. The van der Waals surface area contributed by atoms with E-state index < -0.39 is 11.8 Å². The molecule has 13 heavy (non-hydrogen) atoms. The molecular weight excluding hydrogens is 173 g/mol. The highest BCUT2D eigenvalue weighted by molar-refractivity contribution is 5.85. The van der Waals surface area contributed by atoms with Gasteiger partial charge in [-0.3, -0.25) is 4.98 Å². The Labute approximate surface area is 74.5 Å². The first kappa shape index (κ1) is 9.38. The van der Waals surface area contributed by atoms with Crippen LogP contribution in [0.4, 0.5) is 4.39 Å². The highest BCUT2D eigenvalue weighted by Crippen LogP contribution is 2.08. The molecule has 0 saturated carbocycles. The van der Waals surface area contributed by atoms with E-state index in [1.165, 1.54) is 12.1 Å². The molecule has 0 atom stereocenters. The van der Waals surface area contributed by atoms with Crippen LogP contribution in [0.3, 0.4) is 0 Å². The maximum absolute atomic E-state index is 12.9. The maximum atomic E-state index is 12.9. The summed E-state index contributed by atoms with van der Waals surface area (Å²) in [5.41, 5.74) is 0.876. The summed E-state index contributed by atoms with van der Waals surface area (Å²) in [4.78, 5) is 13.9. The summed E-state index contributed by atoms with van der Waals surface area (Å²) in [6.45, 7) is 1.71. The number of nitrogens with zero attached hydrogens (tertiary/aromatic N) is 1. The molecule has 0 aliphatic rings. The molecular formula is C9H8FNO2. The minimum atomic E-state index is -1.10.